The number of nitrogens with zero attached hydrogens (tertiary/aromatic N) is 2. The quantitative estimate of drug-likeness (QED) is 0.758. The van der Waals surface area contributed by atoms with Crippen molar-refractivity contribution in [3.05, 3.63) is 30.1 Å². The Morgan fingerprint density at radius 3 is 2.96 bits per heavy atom. The summed E-state index contributed by atoms with van der Waals surface area (Å²) in [6, 6.07) is 2.48. The van der Waals surface area contributed by atoms with Crippen LogP contribution in [-0.4, -0.2) is 48.1 Å². The number of hydrogen-bond acceptors (Lipinski definition) is 4. The van der Waals surface area contributed by atoms with Crippen molar-refractivity contribution >= 4 is 12.0 Å². The van der Waals surface area contributed by atoms with Crippen molar-refractivity contribution < 1.29 is 9.53 Å². The van der Waals surface area contributed by atoms with Crippen molar-refractivity contribution in [1.82, 2.24) is 15.2 Å². The first-order valence-electron chi connectivity index (χ1n) is 10.4. The predicted molar refractivity (Wildman–Crippen MR) is 109 cm³/mol. The molecule has 2 heterocycles. The number of hydrogen-bond donors (Lipinski definition) is 1. The minimum atomic E-state index is 0.0721. The molecular weight excluding hydrogens is 338 g/mol. The van der Waals surface area contributed by atoms with E-state index in [1.807, 2.05) is 24.2 Å². The third kappa shape index (κ3) is 6.06. The summed E-state index contributed by atoms with van der Waals surface area (Å²) in [7, 11) is 1.97. The lowest BCUT2D eigenvalue weighted by atomic mass is 10.0. The average Bonchev–Trinajstić information content (AvgIpc) is 3.34. The van der Waals surface area contributed by atoms with Crippen LogP contribution < -0.4 is 10.1 Å². The highest BCUT2D eigenvalue weighted by Gasteiger charge is 2.29. The van der Waals surface area contributed by atoms with Crippen LogP contribution in [0, 0.1) is 5.92 Å². The van der Waals surface area contributed by atoms with Crippen molar-refractivity contribution in [3.8, 4) is 5.75 Å². The highest BCUT2D eigenvalue weighted by molar-refractivity contribution is 5.76. The van der Waals surface area contributed by atoms with Crippen LogP contribution in [0.2, 0.25) is 0 Å². The number of rotatable bonds is 8. The van der Waals surface area contributed by atoms with Gasteiger partial charge < -0.3 is 15.0 Å². The van der Waals surface area contributed by atoms with Crippen LogP contribution in [0.5, 0.6) is 5.75 Å². The highest BCUT2D eigenvalue weighted by atomic mass is 16.5. The van der Waals surface area contributed by atoms with E-state index < -0.39 is 0 Å². The number of ether oxygens (including phenoxy) is 1. The van der Waals surface area contributed by atoms with Crippen molar-refractivity contribution in [2.75, 3.05) is 20.1 Å². The molecule has 0 unspecified atom stereocenters. The van der Waals surface area contributed by atoms with Crippen molar-refractivity contribution in [2.24, 2.45) is 5.92 Å². The summed E-state index contributed by atoms with van der Waals surface area (Å²) in [4.78, 5) is 18.8. The van der Waals surface area contributed by atoms with Gasteiger partial charge in [0, 0.05) is 31.6 Å². The lowest BCUT2D eigenvalue weighted by Gasteiger charge is -2.19. The molecule has 2 atom stereocenters. The molecule has 1 N–H and O–H groups in total. The van der Waals surface area contributed by atoms with E-state index in [1.165, 1.54) is 25.7 Å². The monoisotopic (exact) mass is 371 g/mol. The Balaban J connectivity index is 1.48. The van der Waals surface area contributed by atoms with Gasteiger partial charge in [-0.25, -0.2) is 0 Å². The summed E-state index contributed by atoms with van der Waals surface area (Å²) >= 11 is 0. The summed E-state index contributed by atoms with van der Waals surface area (Å²) in [5.41, 5.74) is 1.04. The highest BCUT2D eigenvalue weighted by Crippen LogP contribution is 2.29. The Labute approximate surface area is 163 Å². The maximum atomic E-state index is 12.5. The van der Waals surface area contributed by atoms with Gasteiger partial charge in [-0.15, -0.1) is 0 Å². The van der Waals surface area contributed by atoms with Gasteiger partial charge in [0.1, 0.15) is 11.9 Å². The first-order valence-corrected chi connectivity index (χ1v) is 10.4. The third-order valence-electron chi connectivity index (χ3n) is 5.77. The first kappa shape index (κ1) is 19.9. The van der Waals surface area contributed by atoms with Crippen molar-refractivity contribution in [2.45, 2.75) is 64.0 Å². The van der Waals surface area contributed by atoms with Crippen molar-refractivity contribution in [3.63, 3.8) is 0 Å². The van der Waals surface area contributed by atoms with E-state index in [4.69, 9.17) is 4.74 Å². The summed E-state index contributed by atoms with van der Waals surface area (Å²) in [6.07, 6.45) is 15.5. The van der Waals surface area contributed by atoms with E-state index in [0.29, 0.717) is 24.4 Å². The average molecular weight is 372 g/mol. The molecule has 2 aliphatic rings. The van der Waals surface area contributed by atoms with Gasteiger partial charge in [0.2, 0.25) is 5.91 Å². The van der Waals surface area contributed by atoms with Crippen LogP contribution in [0.1, 0.15) is 57.4 Å². The molecule has 5 heteroatoms. The van der Waals surface area contributed by atoms with Crippen LogP contribution in [-0.2, 0) is 4.79 Å². The van der Waals surface area contributed by atoms with Gasteiger partial charge in [0.15, 0.2) is 0 Å². The maximum absolute atomic E-state index is 12.5. The number of aromatic nitrogens is 1. The summed E-state index contributed by atoms with van der Waals surface area (Å²) in [5, 5.41) is 3.22. The zero-order valence-electron chi connectivity index (χ0n) is 16.7. The molecule has 1 saturated heterocycles. The normalized spacial score (nSPS) is 21.9. The second kappa shape index (κ2) is 9.88. The minimum Gasteiger partial charge on any atom is -0.487 e. The molecule has 1 aromatic heterocycles. The van der Waals surface area contributed by atoms with Gasteiger partial charge >= 0.3 is 0 Å². The van der Waals surface area contributed by atoms with E-state index in [0.717, 1.165) is 37.1 Å². The molecule has 2 fully saturated rings. The number of amides is 1. The first-order chi connectivity index (χ1) is 13.1. The largest absolute Gasteiger partial charge is 0.487 e. The lowest BCUT2D eigenvalue weighted by molar-refractivity contribution is -0.131. The predicted octanol–water partition coefficient (Wildman–Crippen LogP) is 3.65. The topological polar surface area (TPSA) is 54.5 Å². The van der Waals surface area contributed by atoms with Crippen molar-refractivity contribution in [1.29, 1.82) is 0 Å². The minimum absolute atomic E-state index is 0.0721. The molecule has 27 heavy (non-hydrogen) atoms. The number of nitrogens with one attached hydrogen (secondary N) is 1. The van der Waals surface area contributed by atoms with Gasteiger partial charge in [-0.1, -0.05) is 25.0 Å². The molecule has 1 amide bonds. The fourth-order valence-electron chi connectivity index (χ4n) is 3.95. The molecule has 0 bridgehead atoms. The number of pyridine rings is 1. The van der Waals surface area contributed by atoms with E-state index in [1.54, 1.807) is 6.20 Å². The van der Waals surface area contributed by atoms with E-state index in [2.05, 4.69) is 29.4 Å². The van der Waals surface area contributed by atoms with E-state index >= 15 is 0 Å². The Kier molecular flexibility index (Phi) is 7.27. The molecule has 1 saturated carbocycles. The molecule has 0 aromatic carbocycles. The number of carbonyl (C=O) groups excluding carboxylic acids is 1. The van der Waals surface area contributed by atoms with E-state index in [9.17, 15) is 4.79 Å². The summed E-state index contributed by atoms with van der Waals surface area (Å²) in [5.74, 6) is 1.70. The molecule has 5 nitrogen and oxygen atoms in total. The Morgan fingerprint density at radius 1 is 1.37 bits per heavy atom. The van der Waals surface area contributed by atoms with Crippen LogP contribution in [0.15, 0.2) is 24.5 Å². The number of carbonyl (C=O) groups is 1. The molecule has 1 aromatic rings. The fraction of sp³-hybridized carbons (Fsp3) is 0.636. The number of likely N-dealkylation sites (tertiary alicyclic amines) is 1. The molecule has 0 spiro atoms. The Hall–Kier alpha value is -1.88. The zero-order valence-corrected chi connectivity index (χ0v) is 16.7. The van der Waals surface area contributed by atoms with Crippen LogP contribution in [0.3, 0.4) is 0 Å². The van der Waals surface area contributed by atoms with E-state index in [-0.39, 0.29) is 6.10 Å². The molecule has 1 aliphatic carbocycles. The lowest BCUT2D eigenvalue weighted by Crippen LogP contribution is -2.31. The fourth-order valence-corrected chi connectivity index (χ4v) is 3.95. The van der Waals surface area contributed by atoms with Crippen LogP contribution in [0.25, 0.3) is 6.08 Å². The van der Waals surface area contributed by atoms with Gasteiger partial charge in [-0.3, -0.25) is 9.78 Å². The molecule has 1 aliphatic heterocycles. The molecule has 3 rings (SSSR count). The third-order valence-corrected chi connectivity index (χ3v) is 5.77. The Morgan fingerprint density at radius 2 is 2.19 bits per heavy atom. The second-order valence-electron chi connectivity index (χ2n) is 8.00. The van der Waals surface area contributed by atoms with Crippen LogP contribution >= 0.6 is 0 Å². The standard InChI is InChI=1S/C22H33N3O2/c1-17(23-2)6-5-9-19-12-21(15-24-14-19)27-20-10-11-25(16-20)22(26)13-18-7-3-4-8-18/h5,9,12,14-15,17-18,20,23H,3-4,6-8,10-11,13,16H2,1-2H3/b9-5+/t17-,20+/m0/s1. The van der Waals surface area contributed by atoms with Gasteiger partial charge in [0.05, 0.1) is 12.7 Å². The van der Waals surface area contributed by atoms with Gasteiger partial charge in [-0.2, -0.15) is 0 Å². The van der Waals surface area contributed by atoms with Gasteiger partial charge in [0.25, 0.3) is 0 Å². The Bertz CT molecular complexity index is 640. The second-order valence-corrected chi connectivity index (χ2v) is 8.00. The SMILES string of the molecule is CN[C@@H](C)C/C=C/c1cncc(O[C@@H]2CCN(C(=O)CC3CCCC3)C2)c1. The molecular formula is C22H33N3O2. The molecule has 148 valence electrons. The zero-order chi connectivity index (χ0) is 19.1. The summed E-state index contributed by atoms with van der Waals surface area (Å²) < 4.78 is 6.11. The molecule has 0 radical (unpaired) electrons. The van der Waals surface area contributed by atoms with Gasteiger partial charge in [-0.05, 0) is 50.8 Å². The maximum Gasteiger partial charge on any atom is 0.222 e. The van der Waals surface area contributed by atoms with Crippen LogP contribution in [0.4, 0.5) is 0 Å². The summed E-state index contributed by atoms with van der Waals surface area (Å²) in [6.45, 7) is 3.67. The smallest absolute Gasteiger partial charge is 0.222 e.